The average Bonchev–Trinajstić information content (AvgIpc) is 2.44. The first kappa shape index (κ1) is 7.45. The zero-order valence-corrected chi connectivity index (χ0v) is 5.84. The molecular formula is C6H11NO4. The molecule has 64 valence electrons. The molecule has 0 aromatic heterocycles. The van der Waals surface area contributed by atoms with Crippen LogP contribution in [0, 0.1) is 0 Å². The van der Waals surface area contributed by atoms with E-state index in [2.05, 4.69) is 5.32 Å². The second kappa shape index (κ2) is 2.40. The number of piperidine rings is 1. The van der Waals surface area contributed by atoms with E-state index >= 15 is 0 Å². The summed E-state index contributed by atoms with van der Waals surface area (Å²) in [6.45, 7) is 0.347. The van der Waals surface area contributed by atoms with Crippen LogP contribution in [0.3, 0.4) is 0 Å². The van der Waals surface area contributed by atoms with Gasteiger partial charge in [0.15, 0.2) is 0 Å². The average molecular weight is 161 g/mol. The lowest BCUT2D eigenvalue weighted by Crippen LogP contribution is -2.60. The van der Waals surface area contributed by atoms with E-state index in [1.165, 1.54) is 0 Å². The van der Waals surface area contributed by atoms with E-state index in [1.54, 1.807) is 0 Å². The van der Waals surface area contributed by atoms with Crippen LogP contribution in [0.15, 0.2) is 0 Å². The fourth-order valence-electron chi connectivity index (χ4n) is 1.53. The van der Waals surface area contributed by atoms with E-state index in [0.717, 1.165) is 0 Å². The molecular weight excluding hydrogens is 150 g/mol. The molecule has 2 saturated heterocycles. The summed E-state index contributed by atoms with van der Waals surface area (Å²) in [7, 11) is 0. The molecule has 2 aliphatic heterocycles. The lowest BCUT2D eigenvalue weighted by atomic mass is 9.97. The lowest BCUT2D eigenvalue weighted by molar-refractivity contribution is -0.122. The molecule has 5 heteroatoms. The van der Waals surface area contributed by atoms with Crippen molar-refractivity contribution in [2.45, 2.75) is 30.6 Å². The highest BCUT2D eigenvalue weighted by Gasteiger charge is 2.47. The summed E-state index contributed by atoms with van der Waals surface area (Å²) >= 11 is 0. The van der Waals surface area contributed by atoms with Crippen LogP contribution in [-0.4, -0.2) is 52.5 Å². The Bertz CT molecular complexity index is 145. The van der Waals surface area contributed by atoms with E-state index in [0.29, 0.717) is 6.61 Å². The van der Waals surface area contributed by atoms with Gasteiger partial charge in [-0.15, -0.1) is 0 Å². The van der Waals surface area contributed by atoms with Gasteiger partial charge in [-0.25, -0.2) is 0 Å². The molecule has 0 radical (unpaired) electrons. The number of nitrogens with one attached hydrogen (secondary N) is 1. The van der Waals surface area contributed by atoms with Crippen LogP contribution in [0.5, 0.6) is 0 Å². The third-order valence-electron chi connectivity index (χ3n) is 2.26. The summed E-state index contributed by atoms with van der Waals surface area (Å²) in [6, 6.07) is -0.238. The molecule has 0 spiro atoms. The number of aliphatic hydroxyl groups excluding tert-OH is 3. The Labute approximate surface area is 63.6 Å². The van der Waals surface area contributed by atoms with Gasteiger partial charge in [-0.05, 0) is 0 Å². The van der Waals surface area contributed by atoms with Crippen molar-refractivity contribution in [3.63, 3.8) is 0 Å². The molecule has 2 fully saturated rings. The van der Waals surface area contributed by atoms with Crippen LogP contribution >= 0.6 is 0 Å². The van der Waals surface area contributed by atoms with Crippen LogP contribution in [0.25, 0.3) is 0 Å². The van der Waals surface area contributed by atoms with Crippen LogP contribution < -0.4 is 5.32 Å². The molecule has 2 aliphatic rings. The Morgan fingerprint density at radius 2 is 1.82 bits per heavy atom. The molecule has 0 aliphatic carbocycles. The largest absolute Gasteiger partial charge is 0.389 e. The number of rotatable bonds is 0. The molecule has 0 aromatic rings. The summed E-state index contributed by atoms with van der Waals surface area (Å²) in [4.78, 5) is 0. The highest BCUT2D eigenvalue weighted by atomic mass is 16.5. The van der Waals surface area contributed by atoms with Gasteiger partial charge in [-0.1, -0.05) is 0 Å². The summed E-state index contributed by atoms with van der Waals surface area (Å²) in [5.74, 6) is 0. The van der Waals surface area contributed by atoms with E-state index in [4.69, 9.17) is 4.74 Å². The Balaban J connectivity index is 2.16. The molecule has 5 atom stereocenters. The van der Waals surface area contributed by atoms with Crippen molar-refractivity contribution < 1.29 is 20.1 Å². The fourth-order valence-corrected chi connectivity index (χ4v) is 1.53. The zero-order chi connectivity index (χ0) is 8.01. The van der Waals surface area contributed by atoms with Gasteiger partial charge in [0.25, 0.3) is 0 Å². The molecule has 0 amide bonds. The molecule has 2 heterocycles. The second-order valence-corrected chi connectivity index (χ2v) is 3.00. The molecule has 2 bridgehead atoms. The standard InChI is InChI=1S/C6H11NO4/c8-3-2-1-11-6(7-2)5(10)4(3)9/h2-10H,1H2/t2-,3+,4-,5-,6+/m0/s1. The first-order valence-electron chi connectivity index (χ1n) is 3.62. The highest BCUT2D eigenvalue weighted by molar-refractivity contribution is 4.98. The minimum absolute atomic E-state index is 0.238. The third kappa shape index (κ3) is 0.969. The van der Waals surface area contributed by atoms with Crippen molar-refractivity contribution in [1.82, 2.24) is 5.32 Å². The maximum Gasteiger partial charge on any atom is 0.137 e. The van der Waals surface area contributed by atoms with Crippen molar-refractivity contribution in [3.8, 4) is 0 Å². The van der Waals surface area contributed by atoms with Gasteiger partial charge in [-0.2, -0.15) is 0 Å². The fraction of sp³-hybridized carbons (Fsp3) is 1.00. The minimum Gasteiger partial charge on any atom is -0.389 e. The SMILES string of the molecule is O[C@H]1[C@H](O)[C@@H]2CO[C@@H](N2)[C@H]1O. The van der Waals surface area contributed by atoms with E-state index in [-0.39, 0.29) is 6.04 Å². The molecule has 0 saturated carbocycles. The van der Waals surface area contributed by atoms with Gasteiger partial charge in [0, 0.05) is 0 Å². The molecule has 5 nitrogen and oxygen atoms in total. The van der Waals surface area contributed by atoms with Crippen LogP contribution in [0.1, 0.15) is 0 Å². The Morgan fingerprint density at radius 3 is 2.55 bits per heavy atom. The van der Waals surface area contributed by atoms with E-state index < -0.39 is 24.5 Å². The Hall–Kier alpha value is -0.200. The van der Waals surface area contributed by atoms with E-state index in [9.17, 15) is 15.3 Å². The van der Waals surface area contributed by atoms with Crippen LogP contribution in [0.4, 0.5) is 0 Å². The summed E-state index contributed by atoms with van der Waals surface area (Å²) in [5, 5.41) is 30.6. The van der Waals surface area contributed by atoms with Crippen LogP contribution in [0.2, 0.25) is 0 Å². The van der Waals surface area contributed by atoms with Gasteiger partial charge in [0.05, 0.1) is 12.6 Å². The first-order valence-corrected chi connectivity index (χ1v) is 3.62. The molecule has 11 heavy (non-hydrogen) atoms. The highest BCUT2D eigenvalue weighted by Crippen LogP contribution is 2.21. The number of hydrogen-bond acceptors (Lipinski definition) is 5. The lowest BCUT2D eigenvalue weighted by Gasteiger charge is -2.33. The van der Waals surface area contributed by atoms with Gasteiger partial charge >= 0.3 is 0 Å². The van der Waals surface area contributed by atoms with Crippen molar-refractivity contribution in [1.29, 1.82) is 0 Å². The third-order valence-corrected chi connectivity index (χ3v) is 2.26. The smallest absolute Gasteiger partial charge is 0.137 e. The second-order valence-electron chi connectivity index (χ2n) is 3.00. The number of hydrogen-bond donors (Lipinski definition) is 4. The van der Waals surface area contributed by atoms with Gasteiger partial charge in [0.2, 0.25) is 0 Å². The maximum atomic E-state index is 9.28. The predicted octanol–water partition coefficient (Wildman–Crippen LogP) is -2.60. The van der Waals surface area contributed by atoms with Crippen molar-refractivity contribution in [2.24, 2.45) is 0 Å². The number of ether oxygens (including phenoxy) is 1. The predicted molar refractivity (Wildman–Crippen MR) is 34.7 cm³/mol. The number of fused-ring (bicyclic) bond motifs is 2. The molecule has 2 rings (SSSR count). The van der Waals surface area contributed by atoms with Crippen molar-refractivity contribution in [3.05, 3.63) is 0 Å². The maximum absolute atomic E-state index is 9.28. The molecule has 0 unspecified atom stereocenters. The van der Waals surface area contributed by atoms with Gasteiger partial charge in [-0.3, -0.25) is 5.32 Å². The monoisotopic (exact) mass is 161 g/mol. The summed E-state index contributed by atoms with van der Waals surface area (Å²) < 4.78 is 5.05. The summed E-state index contributed by atoms with van der Waals surface area (Å²) in [5.41, 5.74) is 0. The zero-order valence-electron chi connectivity index (χ0n) is 5.84. The number of aliphatic hydroxyl groups is 3. The quantitative estimate of drug-likeness (QED) is 0.313. The Morgan fingerprint density at radius 1 is 1.09 bits per heavy atom. The van der Waals surface area contributed by atoms with Gasteiger partial charge in [0.1, 0.15) is 24.5 Å². The van der Waals surface area contributed by atoms with Crippen molar-refractivity contribution >= 4 is 0 Å². The Kier molecular flexibility index (Phi) is 1.62. The topological polar surface area (TPSA) is 82.0 Å². The van der Waals surface area contributed by atoms with Gasteiger partial charge < -0.3 is 20.1 Å². The summed E-state index contributed by atoms with van der Waals surface area (Å²) in [6.07, 6.45) is -3.56. The molecule has 0 aromatic carbocycles. The molecule has 4 N–H and O–H groups in total. The normalized spacial score (nSPS) is 56.5. The van der Waals surface area contributed by atoms with Crippen LogP contribution in [-0.2, 0) is 4.74 Å². The van der Waals surface area contributed by atoms with Crippen molar-refractivity contribution in [2.75, 3.05) is 6.61 Å². The van der Waals surface area contributed by atoms with E-state index in [1.807, 2.05) is 0 Å². The first-order chi connectivity index (χ1) is 5.20. The minimum atomic E-state index is -1.09.